The van der Waals surface area contributed by atoms with Crippen LogP contribution in [0.5, 0.6) is 0 Å². The summed E-state index contributed by atoms with van der Waals surface area (Å²) in [6.07, 6.45) is 12.3. The molecule has 3 nitrogen and oxygen atoms in total. The zero-order chi connectivity index (χ0) is 21.6. The molecule has 1 aromatic rings. The van der Waals surface area contributed by atoms with Crippen molar-refractivity contribution in [1.29, 1.82) is 5.26 Å². The third-order valence-corrected chi connectivity index (χ3v) is 5.27. The van der Waals surface area contributed by atoms with Gasteiger partial charge in [0.25, 0.3) is 0 Å². The van der Waals surface area contributed by atoms with Gasteiger partial charge in [-0.3, -0.25) is 0 Å². The smallest absolute Gasteiger partial charge is 0.101 e. The summed E-state index contributed by atoms with van der Waals surface area (Å²) in [4.78, 5) is 2.46. The maximum absolute atomic E-state index is 9.18. The summed E-state index contributed by atoms with van der Waals surface area (Å²) < 4.78 is 0. The molecule has 0 fully saturated rings. The lowest BCUT2D eigenvalue weighted by Crippen LogP contribution is -2.43. The molecule has 1 unspecified atom stereocenters. The number of benzene rings is 1. The third kappa shape index (κ3) is 9.52. The molecule has 29 heavy (non-hydrogen) atoms. The Labute approximate surface area is 183 Å². The second-order valence-electron chi connectivity index (χ2n) is 8.13. The Bertz CT molecular complexity index is 701. The van der Waals surface area contributed by atoms with E-state index in [4.69, 9.17) is 11.6 Å². The molecule has 0 heterocycles. The Kier molecular flexibility index (Phi) is 12.4. The largest absolute Gasteiger partial charge is 0.367 e. The van der Waals surface area contributed by atoms with Crippen LogP contribution >= 0.6 is 11.6 Å². The predicted octanol–water partition coefficient (Wildman–Crippen LogP) is 6.73. The van der Waals surface area contributed by atoms with E-state index in [1.165, 1.54) is 18.4 Å². The van der Waals surface area contributed by atoms with Gasteiger partial charge in [0.15, 0.2) is 0 Å². The topological polar surface area (TPSA) is 39.1 Å². The minimum atomic E-state index is 0.399. The van der Waals surface area contributed by atoms with Gasteiger partial charge in [0.2, 0.25) is 0 Å². The predicted molar refractivity (Wildman–Crippen MR) is 128 cm³/mol. The van der Waals surface area contributed by atoms with Gasteiger partial charge in [-0.25, -0.2) is 0 Å². The highest BCUT2D eigenvalue weighted by atomic mass is 35.5. The molecule has 0 saturated heterocycles. The van der Waals surface area contributed by atoms with Gasteiger partial charge in [-0.15, -0.1) is 0 Å². The Morgan fingerprint density at radius 3 is 2.66 bits per heavy atom. The molecule has 0 aromatic heterocycles. The fourth-order valence-electron chi connectivity index (χ4n) is 3.47. The number of likely N-dealkylation sites (N-methyl/N-ethyl adjacent to an activating group) is 1. The van der Waals surface area contributed by atoms with Gasteiger partial charge < -0.3 is 10.2 Å². The summed E-state index contributed by atoms with van der Waals surface area (Å²) in [5.74, 6) is 0.541. The zero-order valence-electron chi connectivity index (χ0n) is 18.8. The van der Waals surface area contributed by atoms with Gasteiger partial charge in [-0.2, -0.15) is 5.26 Å². The lowest BCUT2D eigenvalue weighted by atomic mass is 10.0. The molecule has 4 heteroatoms. The van der Waals surface area contributed by atoms with Crippen LogP contribution in [-0.2, 0) is 0 Å². The van der Waals surface area contributed by atoms with Crippen LogP contribution in [0.2, 0.25) is 5.02 Å². The molecule has 0 aliphatic heterocycles. The summed E-state index contributed by atoms with van der Waals surface area (Å²) >= 11 is 6.33. The molecule has 1 atom stereocenters. The standard InChI is InChI=1S/C25H38ClN3/c1-6-7-8-11-21(4)12-9-10-13-24(18-28-5)29(19-20(2)3)23-15-14-22(17-27)25(26)16-23/h7-8,11,14-16,20,24,28H,6,9-10,12-13,18-19H2,1-5H3/b8-7-,21-11+. The summed E-state index contributed by atoms with van der Waals surface area (Å²) in [5.41, 5.74) is 3.07. The van der Waals surface area contributed by atoms with Crippen molar-refractivity contribution in [3.63, 3.8) is 0 Å². The third-order valence-electron chi connectivity index (χ3n) is 4.96. The first kappa shape index (κ1) is 25.3. The lowest BCUT2D eigenvalue weighted by molar-refractivity contribution is 0.471. The molecule has 1 N–H and O–H groups in total. The van der Waals surface area contributed by atoms with Crippen LogP contribution in [0.15, 0.2) is 42.0 Å². The number of anilines is 1. The fraction of sp³-hybridized carbons (Fsp3) is 0.560. The highest BCUT2D eigenvalue weighted by Gasteiger charge is 2.20. The van der Waals surface area contributed by atoms with Crippen molar-refractivity contribution in [2.24, 2.45) is 5.92 Å². The van der Waals surface area contributed by atoms with Crippen LogP contribution < -0.4 is 10.2 Å². The lowest BCUT2D eigenvalue weighted by Gasteiger charge is -2.35. The first-order chi connectivity index (χ1) is 13.9. The molecule has 1 rings (SSSR count). The van der Waals surface area contributed by atoms with Gasteiger partial charge in [-0.05, 0) is 63.8 Å². The van der Waals surface area contributed by atoms with E-state index in [9.17, 15) is 5.26 Å². The second kappa shape index (κ2) is 14.3. The molecule has 0 aliphatic carbocycles. The quantitative estimate of drug-likeness (QED) is 0.286. The highest BCUT2D eigenvalue weighted by molar-refractivity contribution is 6.32. The maximum atomic E-state index is 9.18. The van der Waals surface area contributed by atoms with Crippen molar-refractivity contribution < 1.29 is 0 Å². The summed E-state index contributed by atoms with van der Waals surface area (Å²) in [6, 6.07) is 8.36. The van der Waals surface area contributed by atoms with Crippen molar-refractivity contribution in [2.45, 2.75) is 65.8 Å². The minimum Gasteiger partial charge on any atom is -0.367 e. The Balaban J connectivity index is 2.84. The molecule has 0 saturated carbocycles. The van der Waals surface area contributed by atoms with E-state index in [1.54, 1.807) is 0 Å². The van der Waals surface area contributed by atoms with Crippen LogP contribution in [0, 0.1) is 17.2 Å². The zero-order valence-corrected chi connectivity index (χ0v) is 19.6. The van der Waals surface area contributed by atoms with Crippen LogP contribution in [0.4, 0.5) is 5.69 Å². The van der Waals surface area contributed by atoms with E-state index in [-0.39, 0.29) is 0 Å². The SMILES string of the molecule is CC/C=C\C=C(/C)CCCCC(CNC)N(CC(C)C)c1ccc(C#N)c(Cl)c1. The number of halogens is 1. The Morgan fingerprint density at radius 1 is 1.31 bits per heavy atom. The first-order valence-corrected chi connectivity index (χ1v) is 11.2. The van der Waals surface area contributed by atoms with Crippen molar-refractivity contribution in [3.05, 3.63) is 52.6 Å². The van der Waals surface area contributed by atoms with Gasteiger partial charge >= 0.3 is 0 Å². The van der Waals surface area contributed by atoms with Gasteiger partial charge in [0, 0.05) is 24.8 Å². The molecule has 0 spiro atoms. The molecule has 0 radical (unpaired) electrons. The normalized spacial score (nSPS) is 13.1. The highest BCUT2D eigenvalue weighted by Crippen LogP contribution is 2.27. The monoisotopic (exact) mass is 415 g/mol. The van der Waals surface area contributed by atoms with Gasteiger partial charge in [0.1, 0.15) is 6.07 Å². The average molecular weight is 416 g/mol. The molecular formula is C25H38ClN3. The Morgan fingerprint density at radius 2 is 2.07 bits per heavy atom. The Hall–Kier alpha value is -1.76. The number of nitrogens with zero attached hydrogens (tertiary/aromatic N) is 2. The first-order valence-electron chi connectivity index (χ1n) is 10.9. The van der Waals surface area contributed by atoms with E-state index < -0.39 is 0 Å². The van der Waals surface area contributed by atoms with E-state index in [0.717, 1.165) is 38.0 Å². The van der Waals surface area contributed by atoms with E-state index in [1.807, 2.05) is 25.2 Å². The van der Waals surface area contributed by atoms with Crippen molar-refractivity contribution in [3.8, 4) is 6.07 Å². The van der Waals surface area contributed by atoms with E-state index in [0.29, 0.717) is 22.5 Å². The van der Waals surface area contributed by atoms with Crippen LogP contribution in [0.25, 0.3) is 0 Å². The number of nitrogens with one attached hydrogen (secondary N) is 1. The molecule has 0 aliphatic rings. The van der Waals surface area contributed by atoms with Gasteiger partial charge in [0.05, 0.1) is 10.6 Å². The molecular weight excluding hydrogens is 378 g/mol. The molecule has 1 aromatic carbocycles. The summed E-state index contributed by atoms with van der Waals surface area (Å²) in [5, 5.41) is 13.1. The molecule has 160 valence electrons. The van der Waals surface area contributed by atoms with E-state index >= 15 is 0 Å². The number of rotatable bonds is 13. The number of hydrogen-bond acceptors (Lipinski definition) is 3. The fourth-order valence-corrected chi connectivity index (χ4v) is 3.69. The van der Waals surface area contributed by atoms with Crippen molar-refractivity contribution in [1.82, 2.24) is 5.32 Å². The molecule has 0 bridgehead atoms. The minimum absolute atomic E-state index is 0.399. The van der Waals surface area contributed by atoms with Gasteiger partial charge in [-0.1, -0.05) is 62.6 Å². The number of hydrogen-bond donors (Lipinski definition) is 1. The van der Waals surface area contributed by atoms with Crippen LogP contribution in [0.1, 0.15) is 65.4 Å². The molecule has 0 amide bonds. The summed E-state index contributed by atoms with van der Waals surface area (Å²) in [7, 11) is 2.01. The van der Waals surface area contributed by atoms with Crippen LogP contribution in [-0.4, -0.2) is 26.2 Å². The number of allylic oxidation sites excluding steroid dienone is 4. The van der Waals surface area contributed by atoms with Crippen molar-refractivity contribution >= 4 is 17.3 Å². The maximum Gasteiger partial charge on any atom is 0.101 e. The summed E-state index contributed by atoms with van der Waals surface area (Å²) in [6.45, 7) is 10.8. The van der Waals surface area contributed by atoms with Crippen molar-refractivity contribution in [2.75, 3.05) is 25.0 Å². The number of unbranched alkanes of at least 4 members (excludes halogenated alkanes) is 1. The van der Waals surface area contributed by atoms with Crippen LogP contribution in [0.3, 0.4) is 0 Å². The second-order valence-corrected chi connectivity index (χ2v) is 8.54. The average Bonchev–Trinajstić information content (AvgIpc) is 2.68. The number of nitriles is 1. The van der Waals surface area contributed by atoms with E-state index in [2.05, 4.69) is 62.2 Å².